The van der Waals surface area contributed by atoms with Gasteiger partial charge >= 0.3 is 6.18 Å². The Hall–Kier alpha value is -3.96. The SMILES string of the molecule is O=c1c2ccccc2c(C=Nc2ccc(S(=O)(=O)N3CCCC3)cc2)c(O)n1-c1cccc(C(F)(F)F)c1. The van der Waals surface area contributed by atoms with E-state index in [1.165, 1.54) is 46.9 Å². The van der Waals surface area contributed by atoms with Crippen molar-refractivity contribution in [2.75, 3.05) is 13.1 Å². The maximum absolute atomic E-state index is 13.3. The molecule has 1 fully saturated rings. The van der Waals surface area contributed by atoms with Gasteiger partial charge < -0.3 is 5.11 Å². The van der Waals surface area contributed by atoms with Crippen LogP contribution >= 0.6 is 0 Å². The Bertz CT molecular complexity index is 1710. The number of benzene rings is 3. The average molecular weight is 542 g/mol. The molecule has 1 aliphatic rings. The maximum Gasteiger partial charge on any atom is 0.416 e. The van der Waals surface area contributed by atoms with E-state index in [-0.39, 0.29) is 21.5 Å². The molecule has 38 heavy (non-hydrogen) atoms. The normalized spacial score (nSPS) is 15.0. The fraction of sp³-hybridized carbons (Fsp3) is 0.185. The molecule has 3 aromatic carbocycles. The van der Waals surface area contributed by atoms with E-state index in [0.717, 1.165) is 35.6 Å². The second kappa shape index (κ2) is 9.73. The molecule has 1 aliphatic heterocycles. The van der Waals surface area contributed by atoms with Crippen LogP contribution in [0.3, 0.4) is 0 Å². The van der Waals surface area contributed by atoms with Crippen LogP contribution in [0.1, 0.15) is 24.0 Å². The lowest BCUT2D eigenvalue weighted by atomic mass is 10.1. The predicted octanol–water partition coefficient (Wildman–Crippen LogP) is 5.25. The Morgan fingerprint density at radius 2 is 1.55 bits per heavy atom. The van der Waals surface area contributed by atoms with Gasteiger partial charge in [0.05, 0.1) is 27.4 Å². The summed E-state index contributed by atoms with van der Waals surface area (Å²) in [4.78, 5) is 17.7. The minimum absolute atomic E-state index is 0.117. The lowest BCUT2D eigenvalue weighted by Crippen LogP contribution is -2.27. The lowest BCUT2D eigenvalue weighted by Gasteiger charge is -2.15. The van der Waals surface area contributed by atoms with E-state index in [9.17, 15) is 31.5 Å². The Morgan fingerprint density at radius 3 is 2.21 bits per heavy atom. The highest BCUT2D eigenvalue weighted by atomic mass is 32.2. The summed E-state index contributed by atoms with van der Waals surface area (Å²) in [6.07, 6.45) is -1.70. The van der Waals surface area contributed by atoms with Crippen LogP contribution in [0.2, 0.25) is 0 Å². The number of fused-ring (bicyclic) bond motifs is 1. The first-order valence-electron chi connectivity index (χ1n) is 11.8. The summed E-state index contributed by atoms with van der Waals surface area (Å²) in [7, 11) is -3.59. The summed E-state index contributed by atoms with van der Waals surface area (Å²) < 4.78 is 67.7. The Labute approximate surface area is 216 Å². The van der Waals surface area contributed by atoms with Gasteiger partial charge in [0.15, 0.2) is 0 Å². The number of pyridine rings is 1. The monoisotopic (exact) mass is 541 g/mol. The zero-order chi connectivity index (χ0) is 27.1. The average Bonchev–Trinajstić information content (AvgIpc) is 3.45. The summed E-state index contributed by atoms with van der Waals surface area (Å²) in [6.45, 7) is 0.965. The number of halogens is 3. The van der Waals surface area contributed by atoms with Crippen molar-refractivity contribution in [2.45, 2.75) is 23.9 Å². The molecular weight excluding hydrogens is 519 g/mol. The number of aliphatic imine (C=N–C) groups is 1. The molecule has 0 aliphatic carbocycles. The van der Waals surface area contributed by atoms with E-state index in [4.69, 9.17) is 0 Å². The Morgan fingerprint density at radius 1 is 0.895 bits per heavy atom. The number of alkyl halides is 3. The fourth-order valence-corrected chi connectivity index (χ4v) is 5.99. The minimum atomic E-state index is -4.63. The molecule has 0 bridgehead atoms. The topological polar surface area (TPSA) is 92.0 Å². The van der Waals surface area contributed by atoms with Gasteiger partial charge in [0, 0.05) is 30.1 Å². The third-order valence-electron chi connectivity index (χ3n) is 6.42. The first kappa shape index (κ1) is 25.7. The van der Waals surface area contributed by atoms with Gasteiger partial charge in [-0.15, -0.1) is 0 Å². The van der Waals surface area contributed by atoms with E-state index >= 15 is 0 Å². The first-order valence-corrected chi connectivity index (χ1v) is 13.2. The molecule has 1 N–H and O–H groups in total. The summed E-state index contributed by atoms with van der Waals surface area (Å²) in [5.41, 5.74) is -1.31. The van der Waals surface area contributed by atoms with Gasteiger partial charge in [-0.2, -0.15) is 17.5 Å². The predicted molar refractivity (Wildman–Crippen MR) is 138 cm³/mol. The highest BCUT2D eigenvalue weighted by molar-refractivity contribution is 7.89. The van der Waals surface area contributed by atoms with Gasteiger partial charge in [-0.25, -0.2) is 13.0 Å². The quantitative estimate of drug-likeness (QED) is 0.350. The van der Waals surface area contributed by atoms with Crippen LogP contribution in [-0.4, -0.2) is 41.7 Å². The third kappa shape index (κ3) is 4.70. The molecule has 0 atom stereocenters. The third-order valence-corrected chi connectivity index (χ3v) is 8.33. The second-order valence-corrected chi connectivity index (χ2v) is 10.8. The molecule has 2 heterocycles. The molecule has 5 rings (SSSR count). The zero-order valence-corrected chi connectivity index (χ0v) is 20.7. The van der Waals surface area contributed by atoms with Crippen molar-refractivity contribution in [3.05, 3.63) is 94.3 Å². The molecule has 0 saturated carbocycles. The van der Waals surface area contributed by atoms with Crippen molar-refractivity contribution in [3.63, 3.8) is 0 Å². The van der Waals surface area contributed by atoms with Crippen LogP contribution in [0, 0.1) is 0 Å². The summed E-state index contributed by atoms with van der Waals surface area (Å²) in [5, 5.41) is 11.6. The smallest absolute Gasteiger partial charge is 0.416 e. The number of sulfonamides is 1. The van der Waals surface area contributed by atoms with Crippen LogP contribution < -0.4 is 5.56 Å². The second-order valence-electron chi connectivity index (χ2n) is 8.83. The molecule has 1 saturated heterocycles. The van der Waals surface area contributed by atoms with Crippen molar-refractivity contribution in [3.8, 4) is 11.6 Å². The van der Waals surface area contributed by atoms with E-state index < -0.39 is 33.2 Å². The Balaban J connectivity index is 1.57. The van der Waals surface area contributed by atoms with Crippen LogP contribution in [0.15, 0.2) is 87.5 Å². The molecule has 0 radical (unpaired) electrons. The molecule has 7 nitrogen and oxygen atoms in total. The van der Waals surface area contributed by atoms with E-state index in [0.29, 0.717) is 24.2 Å². The van der Waals surface area contributed by atoms with Gasteiger partial charge in [0.1, 0.15) is 0 Å². The van der Waals surface area contributed by atoms with E-state index in [2.05, 4.69) is 4.99 Å². The highest BCUT2D eigenvalue weighted by Gasteiger charge is 2.31. The van der Waals surface area contributed by atoms with Crippen molar-refractivity contribution < 1.29 is 26.7 Å². The van der Waals surface area contributed by atoms with Gasteiger partial charge in [-0.1, -0.05) is 24.3 Å². The molecule has 11 heteroatoms. The number of aromatic hydroxyl groups is 1. The van der Waals surface area contributed by atoms with Crippen molar-refractivity contribution >= 4 is 32.7 Å². The summed E-state index contributed by atoms with van der Waals surface area (Å²) in [5.74, 6) is -0.579. The summed E-state index contributed by atoms with van der Waals surface area (Å²) >= 11 is 0. The van der Waals surface area contributed by atoms with Gasteiger partial charge in [0.25, 0.3) is 5.56 Å². The zero-order valence-electron chi connectivity index (χ0n) is 19.9. The van der Waals surface area contributed by atoms with Gasteiger partial charge in [-0.3, -0.25) is 9.79 Å². The molecule has 0 spiro atoms. The van der Waals surface area contributed by atoms with E-state index in [1.54, 1.807) is 18.2 Å². The van der Waals surface area contributed by atoms with E-state index in [1.807, 2.05) is 0 Å². The minimum Gasteiger partial charge on any atom is -0.494 e. The number of nitrogens with zero attached hydrogens (tertiary/aromatic N) is 3. The van der Waals surface area contributed by atoms with Gasteiger partial charge in [-0.05, 0) is 61.4 Å². The molecule has 0 amide bonds. The molecule has 196 valence electrons. The molecule has 0 unspecified atom stereocenters. The van der Waals surface area contributed by atoms with Crippen LogP contribution in [0.4, 0.5) is 18.9 Å². The highest BCUT2D eigenvalue weighted by Crippen LogP contribution is 2.32. The number of hydrogen-bond acceptors (Lipinski definition) is 5. The van der Waals surface area contributed by atoms with Crippen LogP contribution in [0.5, 0.6) is 5.88 Å². The van der Waals surface area contributed by atoms with Crippen LogP contribution in [-0.2, 0) is 16.2 Å². The standard InChI is InChI=1S/C27H22F3N3O4S/c28-27(29,30)18-6-5-7-20(16-18)33-25(34)23-9-2-1-8-22(23)24(26(33)35)17-31-19-10-12-21(13-11-19)38(36,37)32-14-3-4-15-32/h1-2,5-13,16-17,35H,3-4,14-15H2. The van der Waals surface area contributed by atoms with Crippen molar-refractivity contribution in [1.29, 1.82) is 0 Å². The fourth-order valence-electron chi connectivity index (χ4n) is 4.47. The maximum atomic E-state index is 13.3. The summed E-state index contributed by atoms with van der Waals surface area (Å²) in [6, 6.07) is 16.4. The number of rotatable bonds is 5. The van der Waals surface area contributed by atoms with Gasteiger partial charge in [0.2, 0.25) is 15.9 Å². The molecular formula is C27H22F3N3O4S. The lowest BCUT2D eigenvalue weighted by molar-refractivity contribution is -0.137. The van der Waals surface area contributed by atoms with Crippen molar-refractivity contribution in [1.82, 2.24) is 8.87 Å². The molecule has 4 aromatic rings. The van der Waals surface area contributed by atoms with Crippen LogP contribution in [0.25, 0.3) is 16.5 Å². The van der Waals surface area contributed by atoms with Crippen molar-refractivity contribution in [2.24, 2.45) is 4.99 Å². The number of aromatic nitrogens is 1. The Kier molecular flexibility index (Phi) is 6.58. The first-order chi connectivity index (χ1) is 18.1. The molecule has 1 aromatic heterocycles. The largest absolute Gasteiger partial charge is 0.494 e. The number of hydrogen-bond donors (Lipinski definition) is 1.